The van der Waals surface area contributed by atoms with Gasteiger partial charge < -0.3 is 14.2 Å². The number of halogens is 3. The van der Waals surface area contributed by atoms with Crippen molar-refractivity contribution in [2.75, 3.05) is 30.4 Å². The molecule has 0 aromatic carbocycles. The zero-order valence-corrected chi connectivity index (χ0v) is 16.8. The summed E-state index contributed by atoms with van der Waals surface area (Å²) in [7, 11) is -2.00. The average Bonchev–Trinajstić information content (AvgIpc) is 3.30. The second kappa shape index (κ2) is 8.19. The number of hydrogen-bond donors (Lipinski definition) is 0. The molecule has 3 heterocycles. The summed E-state index contributed by atoms with van der Waals surface area (Å²) in [5, 5.41) is 6.60. The van der Waals surface area contributed by atoms with Crippen molar-refractivity contribution in [2.45, 2.75) is 42.7 Å². The first-order valence-corrected chi connectivity index (χ1v) is 11.6. The van der Waals surface area contributed by atoms with Crippen LogP contribution >= 0.6 is 11.8 Å². The van der Waals surface area contributed by atoms with Gasteiger partial charge in [-0.2, -0.15) is 13.2 Å². The molecule has 2 atom stereocenters. The maximum atomic E-state index is 12.8. The molecule has 2 aliphatic rings. The number of ether oxygens (including phenoxy) is 1. The lowest BCUT2D eigenvalue weighted by molar-refractivity contribution is -0.147. The summed E-state index contributed by atoms with van der Waals surface area (Å²) < 4.78 is 68.5. The van der Waals surface area contributed by atoms with E-state index in [0.29, 0.717) is 13.0 Å². The monoisotopic (exact) mass is 442 g/mol. The van der Waals surface area contributed by atoms with Gasteiger partial charge in [-0.1, -0.05) is 11.8 Å². The Morgan fingerprint density at radius 2 is 2.11 bits per heavy atom. The van der Waals surface area contributed by atoms with Crippen LogP contribution in [0, 0.1) is 0 Å². The number of thioether (sulfide) groups is 1. The molecule has 2 saturated heterocycles. The lowest BCUT2D eigenvalue weighted by atomic mass is 10.1. The van der Waals surface area contributed by atoms with E-state index in [1.807, 2.05) is 0 Å². The lowest BCUT2D eigenvalue weighted by Gasteiger charge is -2.30. The standard InChI is InChI=1S/C15H21F3N4O4S2/c1-21-13(15(16,17)18)19-20-14(21)27-8-12(23)22(7-11-3-2-5-26-11)10-4-6-28(24,25)9-10/h10-11H,2-9H2,1H3/t10-,11+/m1/s1. The van der Waals surface area contributed by atoms with Crippen molar-refractivity contribution in [3.63, 3.8) is 0 Å². The Hall–Kier alpha value is -1.34. The largest absolute Gasteiger partial charge is 0.451 e. The van der Waals surface area contributed by atoms with Crippen LogP contribution in [0.2, 0.25) is 0 Å². The van der Waals surface area contributed by atoms with Crippen LogP contribution in [0.15, 0.2) is 5.16 Å². The summed E-state index contributed by atoms with van der Waals surface area (Å²) in [6, 6.07) is -0.437. The molecule has 2 fully saturated rings. The molecule has 28 heavy (non-hydrogen) atoms. The van der Waals surface area contributed by atoms with Crippen molar-refractivity contribution in [1.82, 2.24) is 19.7 Å². The van der Waals surface area contributed by atoms with Crippen LogP contribution in [0.25, 0.3) is 0 Å². The fourth-order valence-corrected chi connectivity index (χ4v) is 5.91. The van der Waals surface area contributed by atoms with E-state index in [4.69, 9.17) is 4.74 Å². The van der Waals surface area contributed by atoms with Gasteiger partial charge in [0.15, 0.2) is 15.0 Å². The minimum atomic E-state index is -4.63. The van der Waals surface area contributed by atoms with Crippen molar-refractivity contribution < 1.29 is 31.1 Å². The quantitative estimate of drug-likeness (QED) is 0.610. The number of rotatable bonds is 6. The molecule has 0 spiro atoms. The molecule has 1 aromatic rings. The van der Waals surface area contributed by atoms with Crippen LogP contribution in [-0.4, -0.2) is 76.5 Å². The lowest BCUT2D eigenvalue weighted by Crippen LogP contribution is -2.46. The Balaban J connectivity index is 1.68. The number of hydrogen-bond acceptors (Lipinski definition) is 7. The van der Waals surface area contributed by atoms with Crippen molar-refractivity contribution in [2.24, 2.45) is 7.05 Å². The van der Waals surface area contributed by atoms with Crippen LogP contribution < -0.4 is 0 Å². The molecule has 2 aliphatic heterocycles. The summed E-state index contributed by atoms with van der Waals surface area (Å²) in [5.41, 5.74) is 0. The first kappa shape index (κ1) is 21.4. The summed E-state index contributed by atoms with van der Waals surface area (Å²) >= 11 is 0.845. The van der Waals surface area contributed by atoms with E-state index in [2.05, 4.69) is 10.2 Å². The van der Waals surface area contributed by atoms with Crippen LogP contribution in [0.4, 0.5) is 13.2 Å². The molecule has 1 amide bonds. The van der Waals surface area contributed by atoms with Gasteiger partial charge in [0.25, 0.3) is 0 Å². The number of carbonyl (C=O) groups is 1. The molecule has 0 aliphatic carbocycles. The second-order valence-corrected chi connectivity index (χ2v) is 10.1. The van der Waals surface area contributed by atoms with E-state index in [1.54, 1.807) is 0 Å². The van der Waals surface area contributed by atoms with Crippen molar-refractivity contribution in [3.8, 4) is 0 Å². The minimum absolute atomic E-state index is 0.0261. The molecule has 0 unspecified atom stereocenters. The Labute approximate surface area is 164 Å². The highest BCUT2D eigenvalue weighted by molar-refractivity contribution is 7.99. The van der Waals surface area contributed by atoms with Gasteiger partial charge in [-0.05, 0) is 19.3 Å². The molecule has 0 bridgehead atoms. The van der Waals surface area contributed by atoms with Crippen molar-refractivity contribution >= 4 is 27.5 Å². The first-order chi connectivity index (χ1) is 13.1. The number of sulfone groups is 1. The number of amides is 1. The molecule has 8 nitrogen and oxygen atoms in total. The first-order valence-electron chi connectivity index (χ1n) is 8.78. The van der Waals surface area contributed by atoms with Gasteiger partial charge in [0.1, 0.15) is 0 Å². The molecular weight excluding hydrogens is 421 g/mol. The van der Waals surface area contributed by atoms with E-state index in [1.165, 1.54) is 11.9 Å². The Morgan fingerprint density at radius 1 is 1.36 bits per heavy atom. The molecule has 0 saturated carbocycles. The third kappa shape index (κ3) is 4.98. The van der Waals surface area contributed by atoms with Crippen LogP contribution in [0.3, 0.4) is 0 Å². The average molecular weight is 442 g/mol. The third-order valence-electron chi connectivity index (χ3n) is 4.81. The fourth-order valence-electron chi connectivity index (χ4n) is 3.38. The summed E-state index contributed by atoms with van der Waals surface area (Å²) in [6.07, 6.45) is -2.76. The van der Waals surface area contributed by atoms with Crippen molar-refractivity contribution in [1.29, 1.82) is 0 Å². The predicted octanol–water partition coefficient (Wildman–Crippen LogP) is 1.12. The molecule has 13 heteroatoms. The maximum absolute atomic E-state index is 12.8. The van der Waals surface area contributed by atoms with E-state index in [0.717, 1.165) is 29.2 Å². The summed E-state index contributed by atoms with van der Waals surface area (Å²) in [5.74, 6) is -1.72. The van der Waals surface area contributed by atoms with Crippen LogP contribution in [0.5, 0.6) is 0 Å². The second-order valence-electron chi connectivity index (χ2n) is 6.89. The number of aromatic nitrogens is 3. The van der Waals surface area contributed by atoms with Crippen LogP contribution in [0.1, 0.15) is 25.1 Å². The molecule has 1 aromatic heterocycles. The maximum Gasteiger partial charge on any atom is 0.451 e. The fraction of sp³-hybridized carbons (Fsp3) is 0.800. The highest BCUT2D eigenvalue weighted by atomic mass is 32.2. The molecule has 0 N–H and O–H groups in total. The highest BCUT2D eigenvalue weighted by Gasteiger charge is 2.38. The zero-order chi connectivity index (χ0) is 20.5. The van der Waals surface area contributed by atoms with Gasteiger partial charge in [-0.25, -0.2) is 8.42 Å². The van der Waals surface area contributed by atoms with E-state index >= 15 is 0 Å². The topological polar surface area (TPSA) is 94.4 Å². The molecule has 158 valence electrons. The SMILES string of the molecule is Cn1c(SCC(=O)N(C[C@@H]2CCCO2)[C@@H]2CCS(=O)(=O)C2)nnc1C(F)(F)F. The number of nitrogens with zero attached hydrogens (tertiary/aromatic N) is 4. The van der Waals surface area contributed by atoms with Gasteiger partial charge in [-0.15, -0.1) is 10.2 Å². The molecule has 3 rings (SSSR count). The smallest absolute Gasteiger partial charge is 0.376 e. The van der Waals surface area contributed by atoms with Gasteiger partial charge in [0.2, 0.25) is 11.7 Å². The Morgan fingerprint density at radius 3 is 2.64 bits per heavy atom. The van der Waals surface area contributed by atoms with E-state index < -0.39 is 27.9 Å². The van der Waals surface area contributed by atoms with Gasteiger partial charge >= 0.3 is 6.18 Å². The molecular formula is C15H21F3N4O4S2. The minimum Gasteiger partial charge on any atom is -0.376 e. The van der Waals surface area contributed by atoms with Crippen LogP contribution in [-0.2, 0) is 32.6 Å². The van der Waals surface area contributed by atoms with Gasteiger partial charge in [-0.3, -0.25) is 4.79 Å². The van der Waals surface area contributed by atoms with E-state index in [-0.39, 0.29) is 41.0 Å². The Kier molecular flexibility index (Phi) is 6.25. The third-order valence-corrected chi connectivity index (χ3v) is 7.56. The van der Waals surface area contributed by atoms with Gasteiger partial charge in [0, 0.05) is 26.2 Å². The Bertz CT molecular complexity index is 822. The number of carbonyl (C=O) groups excluding carboxylic acids is 1. The van der Waals surface area contributed by atoms with Gasteiger partial charge in [0.05, 0.1) is 23.4 Å². The van der Waals surface area contributed by atoms with E-state index in [9.17, 15) is 26.4 Å². The zero-order valence-electron chi connectivity index (χ0n) is 15.2. The highest BCUT2D eigenvalue weighted by Crippen LogP contribution is 2.30. The summed E-state index contributed by atoms with van der Waals surface area (Å²) in [6.45, 7) is 0.885. The predicted molar refractivity (Wildman–Crippen MR) is 94.5 cm³/mol. The molecule has 0 radical (unpaired) electrons. The van der Waals surface area contributed by atoms with Crippen molar-refractivity contribution in [3.05, 3.63) is 5.82 Å². The normalized spacial score (nSPS) is 24.6. The number of alkyl halides is 3. The summed E-state index contributed by atoms with van der Waals surface area (Å²) in [4.78, 5) is 14.3.